The number of nitrogens with two attached hydrogens (primary N) is 1. The first-order valence-electron chi connectivity index (χ1n) is 6.09. The van der Waals surface area contributed by atoms with E-state index in [4.69, 9.17) is 10.9 Å². The average Bonchev–Trinajstić information content (AvgIpc) is 2.42. The fourth-order valence-electron chi connectivity index (χ4n) is 2.00. The molecule has 1 rings (SSSR count). The van der Waals surface area contributed by atoms with Gasteiger partial charge in [0.25, 0.3) is 0 Å². The highest BCUT2D eigenvalue weighted by atomic mass is 32.2. The molecule has 1 aromatic carbocycles. The highest BCUT2D eigenvalue weighted by molar-refractivity contribution is 7.98. The molecule has 0 radical (unpaired) electrons. The van der Waals surface area contributed by atoms with E-state index in [-0.39, 0.29) is 18.5 Å². The number of nitrogens with zero attached hydrogens (tertiary/aromatic N) is 2. The van der Waals surface area contributed by atoms with Crippen LogP contribution in [0.2, 0.25) is 0 Å². The van der Waals surface area contributed by atoms with E-state index in [1.54, 1.807) is 0 Å². The Hall–Kier alpha value is -1.40. The topological polar surface area (TPSA) is 82.1 Å². The molecule has 19 heavy (non-hydrogen) atoms. The molecule has 0 saturated heterocycles. The van der Waals surface area contributed by atoms with Crippen LogP contribution in [0.5, 0.6) is 0 Å². The number of oxime groups is 1. The lowest BCUT2D eigenvalue weighted by Crippen LogP contribution is -2.35. The van der Waals surface area contributed by atoms with Crippen LogP contribution in [0.15, 0.2) is 28.3 Å². The van der Waals surface area contributed by atoms with Crippen molar-refractivity contribution < 1.29 is 10.3 Å². The molecule has 0 aliphatic rings. The number of amidine groups is 1. The summed E-state index contributed by atoms with van der Waals surface area (Å²) in [5.41, 5.74) is 7.38. The zero-order valence-electron chi connectivity index (χ0n) is 11.5. The van der Waals surface area contributed by atoms with Gasteiger partial charge in [-0.2, -0.15) is 0 Å². The fourth-order valence-corrected chi connectivity index (χ4v) is 2.63. The molecule has 0 heterocycles. The minimum atomic E-state index is 0.0529. The van der Waals surface area contributed by atoms with Gasteiger partial charge in [0, 0.05) is 23.2 Å². The van der Waals surface area contributed by atoms with Crippen molar-refractivity contribution in [2.24, 2.45) is 10.9 Å². The fraction of sp³-hybridized carbons (Fsp3) is 0.462. The molecule has 0 aliphatic carbocycles. The summed E-state index contributed by atoms with van der Waals surface area (Å²) >= 11 is 1.54. The zero-order valence-corrected chi connectivity index (χ0v) is 12.3. The summed E-state index contributed by atoms with van der Waals surface area (Å²) in [5.74, 6) is 0.0866. The van der Waals surface area contributed by atoms with E-state index in [2.05, 4.69) is 5.16 Å². The molecule has 0 fully saturated rings. The second kappa shape index (κ2) is 7.25. The van der Waals surface area contributed by atoms with Crippen molar-refractivity contribution in [2.75, 3.05) is 24.3 Å². The minimum Gasteiger partial charge on any atom is -0.409 e. The van der Waals surface area contributed by atoms with Gasteiger partial charge in [0.05, 0.1) is 12.2 Å². The number of anilines is 1. The standard InChI is InChI=1S/C13H21N3O2S/c1-9(2)16(7-8-17)10-5-4-6-11(19-3)12(10)13(14)15-18/h4-6,9,17-18H,7-8H2,1-3H3,(H2,14,15). The van der Waals surface area contributed by atoms with E-state index in [1.165, 1.54) is 11.8 Å². The average molecular weight is 283 g/mol. The second-order valence-corrected chi connectivity index (χ2v) is 5.20. The Morgan fingerprint density at radius 2 is 2.16 bits per heavy atom. The lowest BCUT2D eigenvalue weighted by molar-refractivity contribution is 0.299. The van der Waals surface area contributed by atoms with Crippen molar-refractivity contribution in [1.29, 1.82) is 0 Å². The molecular formula is C13H21N3O2S. The van der Waals surface area contributed by atoms with E-state index >= 15 is 0 Å². The molecule has 0 saturated carbocycles. The van der Waals surface area contributed by atoms with Crippen molar-refractivity contribution in [3.63, 3.8) is 0 Å². The maximum absolute atomic E-state index is 9.20. The monoisotopic (exact) mass is 283 g/mol. The quantitative estimate of drug-likeness (QED) is 0.243. The molecule has 0 unspecified atom stereocenters. The Labute approximate surface area is 118 Å². The first kappa shape index (κ1) is 15.7. The summed E-state index contributed by atoms with van der Waals surface area (Å²) in [7, 11) is 0. The predicted molar refractivity (Wildman–Crippen MR) is 80.3 cm³/mol. The summed E-state index contributed by atoms with van der Waals surface area (Å²) in [5, 5.41) is 21.3. The molecule has 5 nitrogen and oxygen atoms in total. The maximum atomic E-state index is 9.20. The third kappa shape index (κ3) is 3.54. The van der Waals surface area contributed by atoms with Crippen LogP contribution in [0.3, 0.4) is 0 Å². The van der Waals surface area contributed by atoms with Gasteiger partial charge in [-0.15, -0.1) is 11.8 Å². The van der Waals surface area contributed by atoms with Crippen molar-refractivity contribution in [3.8, 4) is 0 Å². The number of aliphatic hydroxyl groups excluding tert-OH is 1. The first-order valence-corrected chi connectivity index (χ1v) is 7.31. The van der Waals surface area contributed by atoms with Crippen LogP contribution in [-0.2, 0) is 0 Å². The van der Waals surface area contributed by atoms with Gasteiger partial charge in [0.15, 0.2) is 5.84 Å². The molecule has 0 atom stereocenters. The van der Waals surface area contributed by atoms with E-state index in [0.717, 1.165) is 10.6 Å². The van der Waals surface area contributed by atoms with Crippen molar-refractivity contribution in [3.05, 3.63) is 23.8 Å². The second-order valence-electron chi connectivity index (χ2n) is 4.35. The highest BCUT2D eigenvalue weighted by Crippen LogP contribution is 2.30. The van der Waals surface area contributed by atoms with E-state index in [1.807, 2.05) is 43.2 Å². The number of hydrogen-bond donors (Lipinski definition) is 3. The Morgan fingerprint density at radius 1 is 1.47 bits per heavy atom. The summed E-state index contributed by atoms with van der Waals surface area (Å²) in [4.78, 5) is 2.98. The van der Waals surface area contributed by atoms with Crippen molar-refractivity contribution in [1.82, 2.24) is 0 Å². The van der Waals surface area contributed by atoms with Gasteiger partial charge in [0.2, 0.25) is 0 Å². The largest absolute Gasteiger partial charge is 0.409 e. The number of thioether (sulfide) groups is 1. The Balaban J connectivity index is 3.40. The molecule has 0 amide bonds. The summed E-state index contributed by atoms with van der Waals surface area (Å²) in [6.07, 6.45) is 1.94. The molecule has 106 valence electrons. The predicted octanol–water partition coefficient (Wildman–Crippen LogP) is 1.71. The molecule has 4 N–H and O–H groups in total. The van der Waals surface area contributed by atoms with Gasteiger partial charge in [-0.1, -0.05) is 11.2 Å². The molecule has 0 aromatic heterocycles. The molecular weight excluding hydrogens is 262 g/mol. The number of hydrogen-bond acceptors (Lipinski definition) is 5. The lowest BCUT2D eigenvalue weighted by Gasteiger charge is -2.30. The smallest absolute Gasteiger partial charge is 0.173 e. The van der Waals surface area contributed by atoms with Crippen LogP contribution < -0.4 is 10.6 Å². The summed E-state index contributed by atoms with van der Waals surface area (Å²) in [6.45, 7) is 4.63. The Bertz CT molecular complexity index is 450. The Morgan fingerprint density at radius 3 is 2.63 bits per heavy atom. The number of aliphatic hydroxyl groups is 1. The Kier molecular flexibility index (Phi) is 5.98. The van der Waals surface area contributed by atoms with Gasteiger partial charge in [-0.3, -0.25) is 0 Å². The number of rotatable bonds is 6. The van der Waals surface area contributed by atoms with Gasteiger partial charge < -0.3 is 20.9 Å². The summed E-state index contributed by atoms with van der Waals surface area (Å²) in [6, 6.07) is 5.98. The highest BCUT2D eigenvalue weighted by Gasteiger charge is 2.19. The van der Waals surface area contributed by atoms with Crippen LogP contribution in [0, 0.1) is 0 Å². The molecule has 0 spiro atoms. The summed E-state index contributed by atoms with van der Waals surface area (Å²) < 4.78 is 0. The van der Waals surface area contributed by atoms with Crippen LogP contribution in [-0.4, -0.2) is 41.6 Å². The van der Waals surface area contributed by atoms with Gasteiger partial charge in [0.1, 0.15) is 0 Å². The van der Waals surface area contributed by atoms with Gasteiger partial charge in [-0.05, 0) is 32.2 Å². The maximum Gasteiger partial charge on any atom is 0.173 e. The van der Waals surface area contributed by atoms with Gasteiger partial charge in [-0.25, -0.2) is 0 Å². The normalized spacial score (nSPS) is 11.9. The molecule has 0 aliphatic heterocycles. The minimum absolute atomic E-state index is 0.0529. The van der Waals surface area contributed by atoms with Crippen molar-refractivity contribution >= 4 is 23.3 Å². The third-order valence-corrected chi connectivity index (χ3v) is 3.64. The van der Waals surface area contributed by atoms with Crippen LogP contribution in [0.4, 0.5) is 5.69 Å². The molecule has 1 aromatic rings. The number of benzene rings is 1. The first-order chi connectivity index (χ1) is 9.06. The van der Waals surface area contributed by atoms with Gasteiger partial charge >= 0.3 is 0 Å². The molecule has 0 bridgehead atoms. The lowest BCUT2D eigenvalue weighted by atomic mass is 10.1. The molecule has 6 heteroatoms. The van der Waals surface area contributed by atoms with Crippen LogP contribution in [0.1, 0.15) is 19.4 Å². The van der Waals surface area contributed by atoms with E-state index in [9.17, 15) is 5.11 Å². The van der Waals surface area contributed by atoms with Crippen molar-refractivity contribution in [2.45, 2.75) is 24.8 Å². The van der Waals surface area contributed by atoms with Crippen LogP contribution >= 0.6 is 11.8 Å². The van der Waals surface area contributed by atoms with E-state index < -0.39 is 0 Å². The SMILES string of the molecule is CSc1cccc(N(CCO)C(C)C)c1/C(N)=N/O. The van der Waals surface area contributed by atoms with E-state index in [0.29, 0.717) is 12.1 Å². The zero-order chi connectivity index (χ0) is 14.4. The third-order valence-electron chi connectivity index (χ3n) is 2.86. The van der Waals surface area contributed by atoms with Crippen LogP contribution in [0.25, 0.3) is 0 Å².